The van der Waals surface area contributed by atoms with E-state index in [4.69, 9.17) is 4.74 Å². The molecule has 1 aromatic carbocycles. The number of hydrogen-bond donors (Lipinski definition) is 2. The number of benzene rings is 1. The molecule has 2 heterocycles. The molecule has 0 spiro atoms. The lowest BCUT2D eigenvalue weighted by Gasteiger charge is -2.23. The number of amides is 1. The summed E-state index contributed by atoms with van der Waals surface area (Å²) < 4.78 is 6.45. The summed E-state index contributed by atoms with van der Waals surface area (Å²) in [4.78, 5) is 16.2. The molecule has 0 saturated carbocycles. The van der Waals surface area contributed by atoms with Gasteiger partial charge in [0.25, 0.3) is 0 Å². The Morgan fingerprint density at radius 3 is 3.37 bits per heavy atom. The number of nitrogens with zero attached hydrogens (tertiary/aromatic N) is 1. The van der Waals surface area contributed by atoms with Gasteiger partial charge in [-0.25, -0.2) is 4.98 Å². The lowest BCUT2D eigenvalue weighted by molar-refractivity contribution is -0.117. The number of nitrogens with one attached hydrogen (secondary N) is 2. The lowest BCUT2D eigenvalue weighted by Crippen LogP contribution is -2.43. The predicted octanol–water partition coefficient (Wildman–Crippen LogP) is 1.61. The molecule has 1 atom stereocenters. The molecule has 19 heavy (non-hydrogen) atoms. The molecule has 1 fully saturated rings. The van der Waals surface area contributed by atoms with E-state index in [0.29, 0.717) is 13.0 Å². The number of anilines is 1. The highest BCUT2D eigenvalue weighted by Gasteiger charge is 2.16. The Balaban J connectivity index is 1.61. The molecule has 0 aliphatic carbocycles. The Morgan fingerprint density at radius 2 is 2.53 bits per heavy atom. The zero-order valence-electron chi connectivity index (χ0n) is 10.4. The number of ether oxygens (including phenoxy) is 1. The van der Waals surface area contributed by atoms with E-state index in [2.05, 4.69) is 15.6 Å². The van der Waals surface area contributed by atoms with Crippen molar-refractivity contribution in [1.29, 1.82) is 0 Å². The van der Waals surface area contributed by atoms with E-state index < -0.39 is 0 Å². The third-order valence-corrected chi connectivity index (χ3v) is 3.85. The molecule has 1 aromatic heterocycles. The molecule has 1 aliphatic rings. The summed E-state index contributed by atoms with van der Waals surface area (Å²) in [5, 5.41) is 6.17. The van der Waals surface area contributed by atoms with Gasteiger partial charge < -0.3 is 15.4 Å². The standard InChI is InChI=1S/C13H15N3O2S/c17-13(6-10-7-18-4-3-14-10)16-9-1-2-12-11(5-9)15-8-19-12/h1-2,5,8,10,14H,3-4,6-7H2,(H,16,17). The van der Waals surface area contributed by atoms with Gasteiger partial charge in [-0.1, -0.05) is 0 Å². The molecule has 0 radical (unpaired) electrons. The second-order valence-corrected chi connectivity index (χ2v) is 5.40. The quantitative estimate of drug-likeness (QED) is 0.895. The van der Waals surface area contributed by atoms with Crippen LogP contribution in [0, 0.1) is 0 Å². The largest absolute Gasteiger partial charge is 0.378 e. The maximum Gasteiger partial charge on any atom is 0.226 e. The molecule has 100 valence electrons. The number of fused-ring (bicyclic) bond motifs is 1. The fraction of sp³-hybridized carbons (Fsp3) is 0.385. The minimum Gasteiger partial charge on any atom is -0.378 e. The van der Waals surface area contributed by atoms with Crippen molar-refractivity contribution in [2.24, 2.45) is 0 Å². The van der Waals surface area contributed by atoms with Crippen LogP contribution in [-0.4, -0.2) is 36.7 Å². The van der Waals surface area contributed by atoms with Crippen LogP contribution in [-0.2, 0) is 9.53 Å². The lowest BCUT2D eigenvalue weighted by atomic mass is 10.2. The van der Waals surface area contributed by atoms with Gasteiger partial charge in [-0.05, 0) is 18.2 Å². The number of carbonyl (C=O) groups is 1. The monoisotopic (exact) mass is 277 g/mol. The second kappa shape index (κ2) is 5.64. The van der Waals surface area contributed by atoms with Gasteiger partial charge in [0.1, 0.15) is 0 Å². The molecule has 1 unspecified atom stereocenters. The Hall–Kier alpha value is -1.50. The van der Waals surface area contributed by atoms with Crippen molar-refractivity contribution in [3.05, 3.63) is 23.7 Å². The third kappa shape index (κ3) is 3.09. The van der Waals surface area contributed by atoms with E-state index in [1.54, 1.807) is 16.8 Å². The van der Waals surface area contributed by atoms with Crippen LogP contribution in [0.1, 0.15) is 6.42 Å². The summed E-state index contributed by atoms with van der Waals surface area (Å²) in [5.74, 6) is -0.00224. The molecule has 2 aromatic rings. The normalized spacial score (nSPS) is 19.5. The van der Waals surface area contributed by atoms with E-state index in [0.717, 1.165) is 29.1 Å². The van der Waals surface area contributed by atoms with Crippen molar-refractivity contribution in [2.45, 2.75) is 12.5 Å². The minimum atomic E-state index is -0.00224. The molecule has 0 bridgehead atoms. The fourth-order valence-corrected chi connectivity index (χ4v) is 2.78. The van der Waals surface area contributed by atoms with Gasteiger partial charge in [0.2, 0.25) is 5.91 Å². The first-order valence-electron chi connectivity index (χ1n) is 6.25. The van der Waals surface area contributed by atoms with Crippen LogP contribution in [0.4, 0.5) is 5.69 Å². The molecule has 1 saturated heterocycles. The van der Waals surface area contributed by atoms with Crippen molar-refractivity contribution in [3.8, 4) is 0 Å². The molecule has 2 N–H and O–H groups in total. The molecule has 3 rings (SSSR count). The highest BCUT2D eigenvalue weighted by molar-refractivity contribution is 7.16. The summed E-state index contributed by atoms with van der Waals surface area (Å²) in [6.07, 6.45) is 0.426. The van der Waals surface area contributed by atoms with Crippen LogP contribution in [0.5, 0.6) is 0 Å². The van der Waals surface area contributed by atoms with Gasteiger partial charge in [0, 0.05) is 24.7 Å². The predicted molar refractivity (Wildman–Crippen MR) is 75.5 cm³/mol. The fourth-order valence-electron chi connectivity index (χ4n) is 2.12. The van der Waals surface area contributed by atoms with Gasteiger partial charge in [-0.2, -0.15) is 0 Å². The van der Waals surface area contributed by atoms with Gasteiger partial charge in [0.05, 0.1) is 28.9 Å². The summed E-state index contributed by atoms with van der Waals surface area (Å²) in [7, 11) is 0. The average molecular weight is 277 g/mol. The summed E-state index contributed by atoms with van der Waals surface area (Å²) in [5.41, 5.74) is 3.52. The first-order valence-corrected chi connectivity index (χ1v) is 7.13. The van der Waals surface area contributed by atoms with Crippen LogP contribution in [0.15, 0.2) is 23.7 Å². The minimum absolute atomic E-state index is 0.00224. The van der Waals surface area contributed by atoms with E-state index in [9.17, 15) is 4.79 Å². The molecule has 5 nitrogen and oxygen atoms in total. The third-order valence-electron chi connectivity index (χ3n) is 3.04. The Bertz CT molecular complexity index is 578. The highest BCUT2D eigenvalue weighted by Crippen LogP contribution is 2.21. The van der Waals surface area contributed by atoms with Crippen molar-refractivity contribution < 1.29 is 9.53 Å². The number of morpholine rings is 1. The zero-order valence-corrected chi connectivity index (χ0v) is 11.2. The van der Waals surface area contributed by atoms with Crippen LogP contribution in [0.3, 0.4) is 0 Å². The summed E-state index contributed by atoms with van der Waals surface area (Å²) in [6.45, 7) is 2.12. The van der Waals surface area contributed by atoms with Gasteiger partial charge in [-0.15, -0.1) is 11.3 Å². The van der Waals surface area contributed by atoms with Crippen LogP contribution >= 0.6 is 11.3 Å². The molecule has 6 heteroatoms. The number of carbonyl (C=O) groups excluding carboxylic acids is 1. The summed E-state index contributed by atoms with van der Waals surface area (Å²) >= 11 is 1.59. The second-order valence-electron chi connectivity index (χ2n) is 4.51. The first-order chi connectivity index (χ1) is 9.31. The van der Waals surface area contributed by atoms with E-state index >= 15 is 0 Å². The number of hydrogen-bond acceptors (Lipinski definition) is 5. The Kier molecular flexibility index (Phi) is 3.72. The van der Waals surface area contributed by atoms with Crippen molar-refractivity contribution in [2.75, 3.05) is 25.1 Å². The van der Waals surface area contributed by atoms with Crippen LogP contribution in [0.25, 0.3) is 10.2 Å². The number of aromatic nitrogens is 1. The van der Waals surface area contributed by atoms with E-state index in [-0.39, 0.29) is 11.9 Å². The average Bonchev–Trinajstić information content (AvgIpc) is 2.87. The summed E-state index contributed by atoms with van der Waals surface area (Å²) in [6, 6.07) is 5.89. The molecular weight excluding hydrogens is 262 g/mol. The van der Waals surface area contributed by atoms with Crippen LogP contribution in [0.2, 0.25) is 0 Å². The van der Waals surface area contributed by atoms with Gasteiger partial charge in [-0.3, -0.25) is 4.79 Å². The van der Waals surface area contributed by atoms with Crippen LogP contribution < -0.4 is 10.6 Å². The molecular formula is C13H15N3O2S. The highest BCUT2D eigenvalue weighted by atomic mass is 32.1. The molecule has 1 amide bonds. The van der Waals surface area contributed by atoms with E-state index in [1.165, 1.54) is 0 Å². The topological polar surface area (TPSA) is 63.2 Å². The number of rotatable bonds is 3. The smallest absolute Gasteiger partial charge is 0.226 e. The first kappa shape index (κ1) is 12.5. The van der Waals surface area contributed by atoms with E-state index in [1.807, 2.05) is 18.2 Å². The van der Waals surface area contributed by atoms with Crippen molar-refractivity contribution >= 4 is 33.1 Å². The molecule has 1 aliphatic heterocycles. The SMILES string of the molecule is O=C(CC1COCCN1)Nc1ccc2scnc2c1. The van der Waals surface area contributed by atoms with Crippen molar-refractivity contribution in [1.82, 2.24) is 10.3 Å². The number of thiazole rings is 1. The maximum atomic E-state index is 11.9. The van der Waals surface area contributed by atoms with Crippen molar-refractivity contribution in [3.63, 3.8) is 0 Å². The van der Waals surface area contributed by atoms with Gasteiger partial charge >= 0.3 is 0 Å². The Labute approximate surface area is 115 Å². The maximum absolute atomic E-state index is 11.9. The van der Waals surface area contributed by atoms with Gasteiger partial charge in [0.15, 0.2) is 0 Å². The zero-order chi connectivity index (χ0) is 13.1. The Morgan fingerprint density at radius 1 is 1.58 bits per heavy atom.